The van der Waals surface area contributed by atoms with Gasteiger partial charge < -0.3 is 15.7 Å². The second kappa shape index (κ2) is 6.74. The van der Waals surface area contributed by atoms with Gasteiger partial charge in [0, 0.05) is 18.6 Å². The molecular formula is C14H24N2O. The summed E-state index contributed by atoms with van der Waals surface area (Å²) in [6.07, 6.45) is 0.907. The lowest BCUT2D eigenvalue weighted by Gasteiger charge is -2.24. The molecule has 0 bridgehead atoms. The topological polar surface area (TPSA) is 49.5 Å². The van der Waals surface area contributed by atoms with Crippen LogP contribution in [0.15, 0.2) is 24.3 Å². The number of hydrogen-bond donors (Lipinski definition) is 2. The summed E-state index contributed by atoms with van der Waals surface area (Å²) in [6, 6.07) is 8.61. The highest BCUT2D eigenvalue weighted by Crippen LogP contribution is 2.15. The molecule has 96 valence electrons. The molecule has 1 aromatic rings. The highest BCUT2D eigenvalue weighted by Gasteiger charge is 2.11. The van der Waals surface area contributed by atoms with Crippen LogP contribution < -0.4 is 5.73 Å². The molecule has 2 atom stereocenters. The summed E-state index contributed by atoms with van der Waals surface area (Å²) in [5.74, 6) is 0. The van der Waals surface area contributed by atoms with Gasteiger partial charge in [0.1, 0.15) is 0 Å². The molecule has 0 fully saturated rings. The standard InChI is InChI=1S/C14H24N2O/c1-11-5-4-6-13(9-11)14(15)7-8-16(3)12(2)10-17/h4-6,9,12,14,17H,7-8,10,15H2,1-3H3. The number of hydrogen-bond acceptors (Lipinski definition) is 3. The van der Waals surface area contributed by atoms with Crippen LogP contribution in [0.3, 0.4) is 0 Å². The summed E-state index contributed by atoms with van der Waals surface area (Å²) >= 11 is 0. The normalized spacial score (nSPS) is 14.9. The van der Waals surface area contributed by atoms with E-state index >= 15 is 0 Å². The molecule has 0 aliphatic rings. The predicted molar refractivity (Wildman–Crippen MR) is 71.9 cm³/mol. The van der Waals surface area contributed by atoms with Crippen molar-refractivity contribution in [2.45, 2.75) is 32.4 Å². The highest BCUT2D eigenvalue weighted by atomic mass is 16.3. The highest BCUT2D eigenvalue weighted by molar-refractivity contribution is 5.24. The number of aryl methyl sites for hydroxylation is 1. The summed E-state index contributed by atoms with van der Waals surface area (Å²) in [5, 5.41) is 9.05. The molecule has 0 radical (unpaired) electrons. The molecule has 3 N–H and O–H groups in total. The summed E-state index contributed by atoms with van der Waals surface area (Å²) in [6.45, 7) is 5.18. The molecular weight excluding hydrogens is 212 g/mol. The van der Waals surface area contributed by atoms with E-state index in [0.717, 1.165) is 13.0 Å². The van der Waals surface area contributed by atoms with Gasteiger partial charge in [0.2, 0.25) is 0 Å². The lowest BCUT2D eigenvalue weighted by atomic mass is 10.0. The van der Waals surface area contributed by atoms with Crippen LogP contribution in [-0.4, -0.2) is 36.2 Å². The minimum absolute atomic E-state index is 0.0724. The Balaban J connectivity index is 2.47. The van der Waals surface area contributed by atoms with E-state index in [1.807, 2.05) is 20.0 Å². The molecule has 1 rings (SSSR count). The second-order valence-electron chi connectivity index (χ2n) is 4.82. The number of nitrogens with zero attached hydrogens (tertiary/aromatic N) is 1. The summed E-state index contributed by atoms with van der Waals surface area (Å²) in [5.41, 5.74) is 8.60. The summed E-state index contributed by atoms with van der Waals surface area (Å²) in [7, 11) is 2.02. The maximum atomic E-state index is 9.05. The van der Waals surface area contributed by atoms with Crippen LogP contribution in [0.4, 0.5) is 0 Å². The molecule has 0 saturated heterocycles. The minimum atomic E-state index is 0.0724. The third-order valence-electron chi connectivity index (χ3n) is 3.28. The molecule has 3 heteroatoms. The van der Waals surface area contributed by atoms with Crippen molar-refractivity contribution in [2.24, 2.45) is 5.73 Å². The smallest absolute Gasteiger partial charge is 0.0584 e. The average molecular weight is 236 g/mol. The zero-order valence-electron chi connectivity index (χ0n) is 11.1. The first-order chi connectivity index (χ1) is 8.04. The molecule has 0 saturated carbocycles. The van der Waals surface area contributed by atoms with Gasteiger partial charge in [0.05, 0.1) is 6.61 Å². The lowest BCUT2D eigenvalue weighted by molar-refractivity contribution is 0.156. The van der Waals surface area contributed by atoms with E-state index in [-0.39, 0.29) is 18.7 Å². The summed E-state index contributed by atoms with van der Waals surface area (Å²) < 4.78 is 0. The third-order valence-corrected chi connectivity index (χ3v) is 3.28. The Bertz CT molecular complexity index is 341. The lowest BCUT2D eigenvalue weighted by Crippen LogP contribution is -2.34. The van der Waals surface area contributed by atoms with Gasteiger partial charge in [0.25, 0.3) is 0 Å². The van der Waals surface area contributed by atoms with Crippen LogP contribution in [0, 0.1) is 6.92 Å². The molecule has 0 aliphatic heterocycles. The van der Waals surface area contributed by atoms with Gasteiger partial charge in [-0.05, 0) is 32.9 Å². The molecule has 0 aliphatic carbocycles. The number of aliphatic hydroxyl groups excluding tert-OH is 1. The van der Waals surface area contributed by atoms with Gasteiger partial charge in [-0.1, -0.05) is 29.8 Å². The number of benzene rings is 1. The van der Waals surface area contributed by atoms with Crippen molar-refractivity contribution in [1.82, 2.24) is 4.90 Å². The van der Waals surface area contributed by atoms with Crippen molar-refractivity contribution >= 4 is 0 Å². The van der Waals surface area contributed by atoms with Crippen LogP contribution in [0.5, 0.6) is 0 Å². The average Bonchev–Trinajstić information content (AvgIpc) is 2.34. The van der Waals surface area contributed by atoms with E-state index in [2.05, 4.69) is 30.0 Å². The van der Waals surface area contributed by atoms with Crippen LogP contribution in [0.2, 0.25) is 0 Å². The van der Waals surface area contributed by atoms with Crippen molar-refractivity contribution in [2.75, 3.05) is 20.2 Å². The van der Waals surface area contributed by atoms with Gasteiger partial charge in [-0.15, -0.1) is 0 Å². The molecule has 0 aromatic heterocycles. The minimum Gasteiger partial charge on any atom is -0.395 e. The van der Waals surface area contributed by atoms with Crippen molar-refractivity contribution < 1.29 is 5.11 Å². The first kappa shape index (κ1) is 14.2. The number of rotatable bonds is 6. The second-order valence-corrected chi connectivity index (χ2v) is 4.82. The van der Waals surface area contributed by atoms with Gasteiger partial charge in [0.15, 0.2) is 0 Å². The van der Waals surface area contributed by atoms with Crippen molar-refractivity contribution in [3.05, 3.63) is 35.4 Å². The zero-order chi connectivity index (χ0) is 12.8. The Kier molecular flexibility index (Phi) is 5.62. The Morgan fingerprint density at radius 3 is 2.71 bits per heavy atom. The largest absolute Gasteiger partial charge is 0.395 e. The van der Waals surface area contributed by atoms with Crippen LogP contribution in [-0.2, 0) is 0 Å². The number of likely N-dealkylation sites (N-methyl/N-ethyl adjacent to an activating group) is 1. The van der Waals surface area contributed by atoms with Crippen LogP contribution >= 0.6 is 0 Å². The van der Waals surface area contributed by atoms with Crippen molar-refractivity contribution in [3.8, 4) is 0 Å². The quantitative estimate of drug-likeness (QED) is 0.790. The monoisotopic (exact) mass is 236 g/mol. The van der Waals surface area contributed by atoms with E-state index in [1.54, 1.807) is 0 Å². The van der Waals surface area contributed by atoms with Gasteiger partial charge in [-0.2, -0.15) is 0 Å². The fourth-order valence-corrected chi connectivity index (χ4v) is 1.77. The van der Waals surface area contributed by atoms with Crippen LogP contribution in [0.1, 0.15) is 30.5 Å². The summed E-state index contributed by atoms with van der Waals surface area (Å²) in [4.78, 5) is 2.13. The number of aliphatic hydroxyl groups is 1. The molecule has 17 heavy (non-hydrogen) atoms. The molecule has 0 spiro atoms. The molecule has 0 heterocycles. The Morgan fingerprint density at radius 1 is 1.41 bits per heavy atom. The Labute approximate surface area is 104 Å². The first-order valence-corrected chi connectivity index (χ1v) is 6.18. The SMILES string of the molecule is Cc1cccc(C(N)CCN(C)C(C)CO)c1. The maximum Gasteiger partial charge on any atom is 0.0584 e. The van der Waals surface area contributed by atoms with Gasteiger partial charge in [-0.25, -0.2) is 0 Å². The fourth-order valence-electron chi connectivity index (χ4n) is 1.77. The Hall–Kier alpha value is -0.900. The Morgan fingerprint density at radius 2 is 2.12 bits per heavy atom. The first-order valence-electron chi connectivity index (χ1n) is 6.18. The van der Waals surface area contributed by atoms with E-state index in [9.17, 15) is 0 Å². The van der Waals surface area contributed by atoms with Gasteiger partial charge in [-0.3, -0.25) is 0 Å². The molecule has 3 nitrogen and oxygen atoms in total. The third kappa shape index (κ3) is 4.46. The molecule has 2 unspecified atom stereocenters. The van der Waals surface area contributed by atoms with Crippen molar-refractivity contribution in [3.63, 3.8) is 0 Å². The van der Waals surface area contributed by atoms with E-state index in [1.165, 1.54) is 11.1 Å². The van der Waals surface area contributed by atoms with E-state index in [0.29, 0.717) is 0 Å². The van der Waals surface area contributed by atoms with E-state index in [4.69, 9.17) is 10.8 Å². The zero-order valence-corrected chi connectivity index (χ0v) is 11.1. The van der Waals surface area contributed by atoms with Crippen LogP contribution in [0.25, 0.3) is 0 Å². The molecule has 1 aromatic carbocycles. The van der Waals surface area contributed by atoms with Crippen molar-refractivity contribution in [1.29, 1.82) is 0 Å². The number of nitrogens with two attached hydrogens (primary N) is 1. The van der Waals surface area contributed by atoms with Gasteiger partial charge >= 0.3 is 0 Å². The predicted octanol–water partition coefficient (Wildman–Crippen LogP) is 1.70. The maximum absolute atomic E-state index is 9.05. The fraction of sp³-hybridized carbons (Fsp3) is 0.571. The van der Waals surface area contributed by atoms with E-state index < -0.39 is 0 Å². The molecule has 0 amide bonds.